The molecule has 2 aromatic carbocycles. The van der Waals surface area contributed by atoms with Crippen molar-refractivity contribution in [3.8, 4) is 5.75 Å². The van der Waals surface area contributed by atoms with Crippen molar-refractivity contribution in [1.82, 2.24) is 10.2 Å². The van der Waals surface area contributed by atoms with Gasteiger partial charge in [0.1, 0.15) is 24.6 Å². The van der Waals surface area contributed by atoms with Crippen LogP contribution in [0.2, 0.25) is 0 Å². The van der Waals surface area contributed by atoms with Crippen molar-refractivity contribution in [2.75, 3.05) is 24.6 Å². The Kier molecular flexibility index (Phi) is 7.17. The molecule has 1 N–H and O–H groups in total. The number of piperidine rings is 1. The number of rotatable bonds is 4. The fourth-order valence-electron chi connectivity index (χ4n) is 5.51. The normalized spacial score (nSPS) is 22.9. The number of hydrogen-bond acceptors (Lipinski definition) is 6. The van der Waals surface area contributed by atoms with E-state index in [2.05, 4.69) is 28.4 Å². The Morgan fingerprint density at radius 2 is 1.78 bits per heavy atom. The number of ether oxygens (including phenoxy) is 3. The quantitative estimate of drug-likeness (QED) is 0.635. The van der Waals surface area contributed by atoms with Gasteiger partial charge in [-0.1, -0.05) is 36.4 Å². The average Bonchev–Trinajstić information content (AvgIpc) is 2.86. The SMILES string of the molecule is CC(C)(C)OC(=O)N1C2CCCC1CN(c1ccc3c(c1)OCC(NC(=O)OCc1ccccc1)C3)C2. The molecule has 3 aliphatic heterocycles. The summed E-state index contributed by atoms with van der Waals surface area (Å²) in [6, 6.07) is 16.1. The fraction of sp³-hybridized carbons (Fsp3) is 0.517. The summed E-state index contributed by atoms with van der Waals surface area (Å²) in [5.74, 6) is 0.855. The van der Waals surface area contributed by atoms with Crippen LogP contribution in [0.5, 0.6) is 5.75 Å². The Morgan fingerprint density at radius 3 is 2.49 bits per heavy atom. The molecule has 3 unspecified atom stereocenters. The topological polar surface area (TPSA) is 80.3 Å². The number of piperazine rings is 1. The van der Waals surface area contributed by atoms with E-state index in [1.54, 1.807) is 0 Å². The molecule has 8 nitrogen and oxygen atoms in total. The predicted molar refractivity (Wildman–Crippen MR) is 141 cm³/mol. The van der Waals surface area contributed by atoms with Gasteiger partial charge >= 0.3 is 12.2 Å². The number of anilines is 1. The van der Waals surface area contributed by atoms with E-state index < -0.39 is 11.7 Å². The van der Waals surface area contributed by atoms with Crippen LogP contribution in [0.3, 0.4) is 0 Å². The van der Waals surface area contributed by atoms with Gasteiger partial charge in [-0.25, -0.2) is 9.59 Å². The van der Waals surface area contributed by atoms with Crippen molar-refractivity contribution in [3.63, 3.8) is 0 Å². The van der Waals surface area contributed by atoms with Crippen LogP contribution >= 0.6 is 0 Å². The summed E-state index contributed by atoms with van der Waals surface area (Å²) >= 11 is 0. The highest BCUT2D eigenvalue weighted by atomic mass is 16.6. The number of amides is 2. The van der Waals surface area contributed by atoms with E-state index in [0.717, 1.165) is 54.9 Å². The number of fused-ring (bicyclic) bond motifs is 3. The van der Waals surface area contributed by atoms with E-state index in [4.69, 9.17) is 14.2 Å². The van der Waals surface area contributed by atoms with E-state index in [-0.39, 0.29) is 30.8 Å². The molecule has 0 spiro atoms. The first-order chi connectivity index (χ1) is 17.7. The summed E-state index contributed by atoms with van der Waals surface area (Å²) in [7, 11) is 0. The van der Waals surface area contributed by atoms with Crippen LogP contribution in [0.25, 0.3) is 0 Å². The van der Waals surface area contributed by atoms with Crippen LogP contribution < -0.4 is 15.0 Å². The second-order valence-corrected chi connectivity index (χ2v) is 11.2. The molecule has 2 saturated heterocycles. The molecule has 37 heavy (non-hydrogen) atoms. The Hall–Kier alpha value is -3.42. The third-order valence-electron chi connectivity index (χ3n) is 7.19. The van der Waals surface area contributed by atoms with Crippen molar-refractivity contribution in [2.24, 2.45) is 0 Å². The largest absolute Gasteiger partial charge is 0.491 e. The fourth-order valence-corrected chi connectivity index (χ4v) is 5.51. The minimum absolute atomic E-state index is 0.140. The molecule has 8 heteroatoms. The molecule has 0 aliphatic carbocycles. The third kappa shape index (κ3) is 6.12. The smallest absolute Gasteiger partial charge is 0.410 e. The molecule has 5 rings (SSSR count). The van der Waals surface area contributed by atoms with Gasteiger partial charge in [0.15, 0.2) is 0 Å². The number of benzene rings is 2. The van der Waals surface area contributed by atoms with Crippen LogP contribution in [-0.4, -0.2) is 60.5 Å². The van der Waals surface area contributed by atoms with Crippen molar-refractivity contribution in [2.45, 2.75) is 76.8 Å². The number of hydrogen-bond donors (Lipinski definition) is 1. The number of nitrogens with one attached hydrogen (secondary N) is 1. The van der Waals surface area contributed by atoms with Gasteiger partial charge in [0, 0.05) is 24.8 Å². The van der Waals surface area contributed by atoms with Gasteiger partial charge in [-0.2, -0.15) is 0 Å². The predicted octanol–water partition coefficient (Wildman–Crippen LogP) is 4.89. The lowest BCUT2D eigenvalue weighted by Gasteiger charge is -2.50. The average molecular weight is 508 g/mol. The maximum absolute atomic E-state index is 12.9. The molecule has 0 saturated carbocycles. The zero-order valence-corrected chi connectivity index (χ0v) is 21.9. The van der Waals surface area contributed by atoms with Crippen molar-refractivity contribution in [1.29, 1.82) is 0 Å². The molecule has 2 fully saturated rings. The summed E-state index contributed by atoms with van der Waals surface area (Å²) in [5, 5.41) is 2.92. The van der Waals surface area contributed by atoms with Gasteiger partial charge in [0.2, 0.25) is 0 Å². The van der Waals surface area contributed by atoms with Gasteiger partial charge in [-0.05, 0) is 63.6 Å². The lowest BCUT2D eigenvalue weighted by molar-refractivity contribution is -0.00970. The minimum Gasteiger partial charge on any atom is -0.491 e. The first-order valence-electron chi connectivity index (χ1n) is 13.2. The van der Waals surface area contributed by atoms with Crippen molar-refractivity contribution in [3.05, 3.63) is 59.7 Å². The zero-order chi connectivity index (χ0) is 26.0. The number of alkyl carbamates (subject to hydrolysis) is 1. The lowest BCUT2D eigenvalue weighted by atomic mass is 9.91. The van der Waals surface area contributed by atoms with Gasteiger partial charge in [0.05, 0.1) is 18.1 Å². The molecule has 3 aliphatic rings. The van der Waals surface area contributed by atoms with Crippen LogP contribution in [0, 0.1) is 0 Å². The molecule has 3 heterocycles. The Labute approximate surface area is 218 Å². The van der Waals surface area contributed by atoms with E-state index in [1.165, 1.54) is 0 Å². The summed E-state index contributed by atoms with van der Waals surface area (Å²) in [5.41, 5.74) is 2.62. The first-order valence-corrected chi connectivity index (χ1v) is 13.2. The Balaban J connectivity index is 1.18. The molecule has 0 aromatic heterocycles. The summed E-state index contributed by atoms with van der Waals surface area (Å²) in [6.45, 7) is 7.95. The molecule has 2 bridgehead atoms. The Bertz CT molecular complexity index is 1100. The monoisotopic (exact) mass is 507 g/mol. The molecule has 2 amide bonds. The first kappa shape index (κ1) is 25.2. The van der Waals surface area contributed by atoms with Crippen molar-refractivity contribution >= 4 is 17.9 Å². The van der Waals surface area contributed by atoms with E-state index in [1.807, 2.05) is 56.0 Å². The number of carbonyl (C=O) groups is 2. The van der Waals surface area contributed by atoms with E-state index >= 15 is 0 Å². The Morgan fingerprint density at radius 1 is 1.05 bits per heavy atom. The number of nitrogens with zero attached hydrogens (tertiary/aromatic N) is 2. The summed E-state index contributed by atoms with van der Waals surface area (Å²) in [4.78, 5) is 29.5. The minimum atomic E-state index is -0.496. The van der Waals surface area contributed by atoms with Gasteiger partial charge in [-0.3, -0.25) is 4.90 Å². The summed E-state index contributed by atoms with van der Waals surface area (Å²) < 4.78 is 17.1. The van der Waals surface area contributed by atoms with Crippen molar-refractivity contribution < 1.29 is 23.8 Å². The molecule has 198 valence electrons. The molecular formula is C29H37N3O5. The molecular weight excluding hydrogens is 470 g/mol. The standard InChI is InChI=1S/C29H37N3O5/c1-29(2,3)37-28(34)32-24-10-7-11-25(32)17-31(16-24)23-13-12-21-14-22(19-35-26(21)15-23)30-27(33)36-18-20-8-5-4-6-9-20/h4-6,8-9,12-13,15,22,24-25H,7,10-11,14,16-19H2,1-3H3,(H,30,33). The van der Waals surface area contributed by atoms with E-state index in [9.17, 15) is 9.59 Å². The summed E-state index contributed by atoms with van der Waals surface area (Å²) in [6.07, 6.45) is 3.16. The van der Waals surface area contributed by atoms with Gasteiger partial charge in [0.25, 0.3) is 0 Å². The van der Waals surface area contributed by atoms with Crippen LogP contribution in [0.4, 0.5) is 15.3 Å². The highest BCUT2D eigenvalue weighted by Gasteiger charge is 2.42. The lowest BCUT2D eigenvalue weighted by Crippen LogP contribution is -2.63. The van der Waals surface area contributed by atoms with Crippen LogP contribution in [-0.2, 0) is 22.5 Å². The zero-order valence-electron chi connectivity index (χ0n) is 21.9. The van der Waals surface area contributed by atoms with Gasteiger partial charge < -0.3 is 24.4 Å². The van der Waals surface area contributed by atoms with Gasteiger partial charge in [-0.15, -0.1) is 0 Å². The van der Waals surface area contributed by atoms with Crippen LogP contribution in [0.1, 0.15) is 51.2 Å². The van der Waals surface area contributed by atoms with E-state index in [0.29, 0.717) is 13.0 Å². The molecule has 0 radical (unpaired) electrons. The maximum Gasteiger partial charge on any atom is 0.410 e. The third-order valence-corrected chi connectivity index (χ3v) is 7.19. The molecule has 2 aromatic rings. The second-order valence-electron chi connectivity index (χ2n) is 11.2. The second kappa shape index (κ2) is 10.5. The molecule has 3 atom stereocenters. The van der Waals surface area contributed by atoms with Crippen LogP contribution in [0.15, 0.2) is 48.5 Å². The highest BCUT2D eigenvalue weighted by molar-refractivity contribution is 5.70. The number of carbonyl (C=O) groups excluding carboxylic acids is 2. The highest BCUT2D eigenvalue weighted by Crippen LogP contribution is 2.35. The maximum atomic E-state index is 12.9.